The molecule has 1 N–H and O–H groups in total. The number of nitrogens with zero attached hydrogens (tertiary/aromatic N) is 1. The van der Waals surface area contributed by atoms with Crippen LogP contribution < -0.4 is 4.74 Å². The van der Waals surface area contributed by atoms with E-state index in [0.29, 0.717) is 0 Å². The van der Waals surface area contributed by atoms with Crippen LogP contribution in [0, 0.1) is 6.92 Å². The smallest absolute Gasteiger partial charge is 0.304 e. The number of methoxy groups -OCH3 is 1. The van der Waals surface area contributed by atoms with Gasteiger partial charge in [0, 0.05) is 6.04 Å². The maximum absolute atomic E-state index is 11.2. The highest BCUT2D eigenvalue weighted by atomic mass is 16.5. The van der Waals surface area contributed by atoms with Crippen molar-refractivity contribution < 1.29 is 14.6 Å². The van der Waals surface area contributed by atoms with Gasteiger partial charge in [0.15, 0.2) is 0 Å². The van der Waals surface area contributed by atoms with Crippen molar-refractivity contribution in [1.29, 1.82) is 0 Å². The second kappa shape index (κ2) is 7.46. The summed E-state index contributed by atoms with van der Waals surface area (Å²) >= 11 is 0. The number of rotatable bonds is 6. The van der Waals surface area contributed by atoms with E-state index in [9.17, 15) is 9.90 Å². The topological polar surface area (TPSA) is 49.8 Å². The predicted molar refractivity (Wildman–Crippen MR) is 82.9 cm³/mol. The first-order chi connectivity index (χ1) is 10.1. The molecule has 1 saturated heterocycles. The number of carboxylic acids is 1. The molecule has 0 radical (unpaired) electrons. The molecular formula is C17H25NO3. The Bertz CT molecular complexity index is 481. The van der Waals surface area contributed by atoms with Gasteiger partial charge < -0.3 is 9.84 Å². The summed E-state index contributed by atoms with van der Waals surface area (Å²) in [4.78, 5) is 13.5. The van der Waals surface area contributed by atoms with Crippen molar-refractivity contribution in [1.82, 2.24) is 4.90 Å². The maximum atomic E-state index is 11.2. The van der Waals surface area contributed by atoms with E-state index in [1.807, 2.05) is 12.1 Å². The van der Waals surface area contributed by atoms with Crippen molar-refractivity contribution in [2.75, 3.05) is 20.2 Å². The Morgan fingerprint density at radius 2 is 2.05 bits per heavy atom. The van der Waals surface area contributed by atoms with Gasteiger partial charge in [-0.05, 0) is 62.5 Å². The molecule has 1 unspecified atom stereocenters. The van der Waals surface area contributed by atoms with E-state index in [1.165, 1.54) is 30.4 Å². The van der Waals surface area contributed by atoms with Crippen LogP contribution in [0.3, 0.4) is 0 Å². The Balaban J connectivity index is 2.11. The normalized spacial score (nSPS) is 17.4. The van der Waals surface area contributed by atoms with E-state index in [0.717, 1.165) is 25.3 Å². The Kier molecular flexibility index (Phi) is 5.62. The molecule has 1 aliphatic heterocycles. The molecule has 1 fully saturated rings. The van der Waals surface area contributed by atoms with Crippen LogP contribution in [0.5, 0.6) is 5.75 Å². The minimum absolute atomic E-state index is 0.0925. The molecule has 4 heteroatoms. The Labute approximate surface area is 126 Å². The molecule has 116 valence electrons. The van der Waals surface area contributed by atoms with E-state index >= 15 is 0 Å². The summed E-state index contributed by atoms with van der Waals surface area (Å²) in [6.45, 7) is 4.10. The number of carboxylic acid groups (broad SMARTS) is 1. The van der Waals surface area contributed by atoms with Crippen LogP contribution in [0.4, 0.5) is 0 Å². The van der Waals surface area contributed by atoms with Crippen LogP contribution in [-0.2, 0) is 11.2 Å². The lowest BCUT2D eigenvalue weighted by atomic mass is 9.96. The number of aryl methyl sites for hydroxylation is 1. The molecule has 1 aromatic rings. The van der Waals surface area contributed by atoms with Crippen LogP contribution in [-0.4, -0.2) is 42.2 Å². The standard InChI is InChI=1S/C17H25NO3/c1-13-10-16(21-2)7-6-14(13)11-15(12-17(19)20)18-8-4-3-5-9-18/h6-7,10,15H,3-5,8-9,11-12H2,1-2H3,(H,19,20). The molecule has 2 rings (SSSR count). The largest absolute Gasteiger partial charge is 0.497 e. The summed E-state index contributed by atoms with van der Waals surface area (Å²) in [6, 6.07) is 6.13. The Morgan fingerprint density at radius 1 is 1.33 bits per heavy atom. The van der Waals surface area contributed by atoms with Crippen LogP contribution in [0.15, 0.2) is 18.2 Å². The number of hydrogen-bond donors (Lipinski definition) is 1. The molecule has 0 saturated carbocycles. The van der Waals surface area contributed by atoms with Gasteiger partial charge in [0.2, 0.25) is 0 Å². The highest BCUT2D eigenvalue weighted by Crippen LogP contribution is 2.22. The van der Waals surface area contributed by atoms with E-state index in [2.05, 4.69) is 17.9 Å². The number of benzene rings is 1. The summed E-state index contributed by atoms with van der Waals surface area (Å²) in [6.07, 6.45) is 4.63. The fourth-order valence-electron chi connectivity index (χ4n) is 3.09. The van der Waals surface area contributed by atoms with Gasteiger partial charge in [-0.15, -0.1) is 0 Å². The first kappa shape index (κ1) is 15.8. The molecule has 0 bridgehead atoms. The van der Waals surface area contributed by atoms with Crippen molar-refractivity contribution >= 4 is 5.97 Å². The maximum Gasteiger partial charge on any atom is 0.304 e. The average Bonchev–Trinajstić information content (AvgIpc) is 2.49. The second-order valence-corrected chi connectivity index (χ2v) is 5.84. The summed E-state index contributed by atoms with van der Waals surface area (Å²) < 4.78 is 5.23. The van der Waals surface area contributed by atoms with Gasteiger partial charge in [-0.25, -0.2) is 0 Å². The van der Waals surface area contributed by atoms with Crippen LogP contribution in [0.2, 0.25) is 0 Å². The molecule has 0 amide bonds. The number of aliphatic carboxylic acids is 1. The molecule has 1 aliphatic rings. The number of likely N-dealkylation sites (tertiary alicyclic amines) is 1. The summed E-state index contributed by atoms with van der Waals surface area (Å²) in [5, 5.41) is 9.20. The van der Waals surface area contributed by atoms with Gasteiger partial charge in [-0.2, -0.15) is 0 Å². The van der Waals surface area contributed by atoms with Gasteiger partial charge in [-0.3, -0.25) is 9.69 Å². The zero-order chi connectivity index (χ0) is 15.2. The quantitative estimate of drug-likeness (QED) is 0.875. The molecule has 1 atom stereocenters. The first-order valence-electron chi connectivity index (χ1n) is 7.69. The molecule has 4 nitrogen and oxygen atoms in total. The first-order valence-corrected chi connectivity index (χ1v) is 7.69. The molecule has 0 spiro atoms. The summed E-state index contributed by atoms with van der Waals surface area (Å²) in [7, 11) is 1.66. The third kappa shape index (κ3) is 4.46. The number of carbonyl (C=O) groups is 1. The van der Waals surface area contributed by atoms with Crippen LogP contribution in [0.1, 0.15) is 36.8 Å². The second-order valence-electron chi connectivity index (χ2n) is 5.84. The summed E-state index contributed by atoms with van der Waals surface area (Å²) in [5.41, 5.74) is 2.38. The monoisotopic (exact) mass is 291 g/mol. The van der Waals surface area contributed by atoms with Crippen molar-refractivity contribution in [2.45, 2.75) is 45.1 Å². The van der Waals surface area contributed by atoms with Crippen molar-refractivity contribution in [3.63, 3.8) is 0 Å². The molecular weight excluding hydrogens is 266 g/mol. The van der Waals surface area contributed by atoms with Crippen molar-refractivity contribution in [3.8, 4) is 5.75 Å². The lowest BCUT2D eigenvalue weighted by molar-refractivity contribution is -0.138. The molecule has 1 heterocycles. The minimum atomic E-state index is -0.711. The molecule has 0 aromatic heterocycles. The van der Waals surface area contributed by atoms with Gasteiger partial charge in [0.25, 0.3) is 0 Å². The van der Waals surface area contributed by atoms with E-state index < -0.39 is 5.97 Å². The third-order valence-corrected chi connectivity index (χ3v) is 4.32. The number of ether oxygens (including phenoxy) is 1. The average molecular weight is 291 g/mol. The minimum Gasteiger partial charge on any atom is -0.497 e. The van der Waals surface area contributed by atoms with Gasteiger partial charge >= 0.3 is 5.97 Å². The zero-order valence-electron chi connectivity index (χ0n) is 13.0. The predicted octanol–water partition coefficient (Wildman–Crippen LogP) is 2.88. The van der Waals surface area contributed by atoms with Gasteiger partial charge in [0.05, 0.1) is 13.5 Å². The number of hydrogen-bond acceptors (Lipinski definition) is 3. The van der Waals surface area contributed by atoms with Gasteiger partial charge in [-0.1, -0.05) is 12.5 Å². The van der Waals surface area contributed by atoms with E-state index in [1.54, 1.807) is 7.11 Å². The summed E-state index contributed by atoms with van der Waals surface area (Å²) in [5.74, 6) is 0.140. The highest BCUT2D eigenvalue weighted by molar-refractivity contribution is 5.67. The highest BCUT2D eigenvalue weighted by Gasteiger charge is 2.23. The zero-order valence-corrected chi connectivity index (χ0v) is 13.0. The van der Waals surface area contributed by atoms with Crippen molar-refractivity contribution in [2.24, 2.45) is 0 Å². The lowest BCUT2D eigenvalue weighted by Crippen LogP contribution is -2.41. The lowest BCUT2D eigenvalue weighted by Gasteiger charge is -2.34. The van der Waals surface area contributed by atoms with Crippen LogP contribution >= 0.6 is 0 Å². The molecule has 21 heavy (non-hydrogen) atoms. The molecule has 0 aliphatic carbocycles. The Hall–Kier alpha value is -1.55. The van der Waals surface area contributed by atoms with Crippen molar-refractivity contribution in [3.05, 3.63) is 29.3 Å². The van der Waals surface area contributed by atoms with E-state index in [4.69, 9.17) is 4.74 Å². The van der Waals surface area contributed by atoms with E-state index in [-0.39, 0.29) is 12.5 Å². The molecule has 1 aromatic carbocycles. The fourth-order valence-corrected chi connectivity index (χ4v) is 3.09. The SMILES string of the molecule is COc1ccc(CC(CC(=O)O)N2CCCCC2)c(C)c1. The van der Waals surface area contributed by atoms with Gasteiger partial charge in [0.1, 0.15) is 5.75 Å². The number of piperidine rings is 1. The Morgan fingerprint density at radius 3 is 2.62 bits per heavy atom. The fraction of sp³-hybridized carbons (Fsp3) is 0.588. The third-order valence-electron chi connectivity index (χ3n) is 4.32. The van der Waals surface area contributed by atoms with Crippen LogP contribution in [0.25, 0.3) is 0 Å².